The van der Waals surface area contributed by atoms with Gasteiger partial charge in [0.25, 0.3) is 0 Å². The number of amides is 1. The van der Waals surface area contributed by atoms with Crippen LogP contribution in [-0.2, 0) is 4.79 Å². The number of piperidine rings is 1. The van der Waals surface area contributed by atoms with Crippen LogP contribution in [0.4, 0.5) is 0 Å². The third-order valence-corrected chi connectivity index (χ3v) is 5.72. The van der Waals surface area contributed by atoms with Gasteiger partial charge in [-0.05, 0) is 56.9 Å². The number of carbonyl (C=O) groups excluding carboxylic acids is 1. The van der Waals surface area contributed by atoms with E-state index in [1.807, 2.05) is 0 Å². The van der Waals surface area contributed by atoms with Gasteiger partial charge in [0.2, 0.25) is 5.91 Å². The predicted molar refractivity (Wildman–Crippen MR) is 93.4 cm³/mol. The zero-order chi connectivity index (χ0) is 14.5. The Labute approximate surface area is 142 Å². The van der Waals surface area contributed by atoms with E-state index in [1.165, 1.54) is 51.5 Å². The van der Waals surface area contributed by atoms with Crippen molar-refractivity contribution in [2.75, 3.05) is 19.6 Å². The molecule has 3 fully saturated rings. The molecule has 22 heavy (non-hydrogen) atoms. The molecule has 2 aliphatic carbocycles. The second-order valence-corrected chi connectivity index (χ2v) is 7.55. The molecule has 0 radical (unpaired) electrons. The Hall–Kier alpha value is -0.280. The monoisotopic (exact) mass is 328 g/mol. The van der Waals surface area contributed by atoms with Crippen molar-refractivity contribution in [3.63, 3.8) is 0 Å². The Morgan fingerprint density at radius 2 is 1.64 bits per heavy atom. The van der Waals surface area contributed by atoms with E-state index in [-0.39, 0.29) is 12.4 Å². The first-order chi connectivity index (χ1) is 10.3. The fraction of sp³-hybridized carbons (Fsp3) is 0.944. The Bertz CT molecular complexity index is 332. The second kappa shape index (κ2) is 9.12. The molecule has 2 saturated carbocycles. The first-order valence-corrected chi connectivity index (χ1v) is 9.32. The molecule has 0 unspecified atom stereocenters. The van der Waals surface area contributed by atoms with Gasteiger partial charge in [-0.1, -0.05) is 25.7 Å². The third-order valence-electron chi connectivity index (χ3n) is 5.72. The number of halogens is 1. The van der Waals surface area contributed by atoms with Crippen molar-refractivity contribution < 1.29 is 4.79 Å². The number of rotatable bonds is 7. The molecule has 4 heteroatoms. The third kappa shape index (κ3) is 5.73. The van der Waals surface area contributed by atoms with Crippen LogP contribution in [0.15, 0.2) is 0 Å². The van der Waals surface area contributed by atoms with Crippen LogP contribution in [0.1, 0.15) is 70.6 Å². The van der Waals surface area contributed by atoms with Crippen molar-refractivity contribution in [2.45, 2.75) is 76.7 Å². The van der Waals surface area contributed by atoms with Crippen molar-refractivity contribution in [1.82, 2.24) is 10.2 Å². The molecular formula is C18H33ClN2O. The quantitative estimate of drug-likeness (QED) is 0.771. The van der Waals surface area contributed by atoms with Gasteiger partial charge in [-0.15, -0.1) is 12.4 Å². The summed E-state index contributed by atoms with van der Waals surface area (Å²) in [6, 6.07) is 0.660. The van der Waals surface area contributed by atoms with E-state index in [0.29, 0.717) is 11.9 Å². The molecule has 0 atom stereocenters. The van der Waals surface area contributed by atoms with Gasteiger partial charge in [0.15, 0.2) is 0 Å². The van der Waals surface area contributed by atoms with Gasteiger partial charge in [-0.3, -0.25) is 4.79 Å². The van der Waals surface area contributed by atoms with Gasteiger partial charge in [-0.25, -0.2) is 0 Å². The average Bonchev–Trinajstić information content (AvgIpc) is 3.20. The first kappa shape index (κ1) is 18.1. The van der Waals surface area contributed by atoms with E-state index < -0.39 is 0 Å². The average molecular weight is 329 g/mol. The number of carbonyl (C=O) groups is 1. The predicted octanol–water partition coefficient (Wildman–Crippen LogP) is 3.76. The van der Waals surface area contributed by atoms with E-state index in [4.69, 9.17) is 0 Å². The van der Waals surface area contributed by atoms with E-state index in [0.717, 1.165) is 50.6 Å². The van der Waals surface area contributed by atoms with Gasteiger partial charge in [0.05, 0.1) is 0 Å². The molecule has 3 aliphatic rings. The summed E-state index contributed by atoms with van der Waals surface area (Å²) in [4.78, 5) is 14.4. The summed E-state index contributed by atoms with van der Waals surface area (Å²) in [7, 11) is 0. The molecule has 3 nitrogen and oxygen atoms in total. The Balaban J connectivity index is 0.00000176. The standard InChI is InChI=1S/C18H32N2O.ClH/c21-18(7-3-6-15-4-1-2-5-15)20-12-10-17(11-13-20)19-14-16-8-9-16;/h15-17,19H,1-14H2;1H. The fourth-order valence-corrected chi connectivity index (χ4v) is 3.99. The summed E-state index contributed by atoms with van der Waals surface area (Å²) in [5.74, 6) is 2.30. The topological polar surface area (TPSA) is 32.3 Å². The minimum Gasteiger partial charge on any atom is -0.343 e. The Morgan fingerprint density at radius 1 is 0.955 bits per heavy atom. The lowest BCUT2D eigenvalue weighted by atomic mass is 9.99. The molecule has 1 amide bonds. The van der Waals surface area contributed by atoms with Crippen LogP contribution in [0.3, 0.4) is 0 Å². The molecule has 0 aromatic rings. The minimum atomic E-state index is 0. The Morgan fingerprint density at radius 3 is 2.27 bits per heavy atom. The fourth-order valence-electron chi connectivity index (χ4n) is 3.99. The maximum Gasteiger partial charge on any atom is 0.222 e. The van der Waals surface area contributed by atoms with Gasteiger partial charge in [0.1, 0.15) is 0 Å². The van der Waals surface area contributed by atoms with Crippen LogP contribution >= 0.6 is 12.4 Å². The van der Waals surface area contributed by atoms with E-state index in [9.17, 15) is 4.79 Å². The zero-order valence-electron chi connectivity index (χ0n) is 13.9. The van der Waals surface area contributed by atoms with Crippen LogP contribution in [0.5, 0.6) is 0 Å². The van der Waals surface area contributed by atoms with E-state index in [1.54, 1.807) is 0 Å². The van der Waals surface area contributed by atoms with Crippen molar-refractivity contribution >= 4 is 18.3 Å². The molecule has 128 valence electrons. The molecule has 0 bridgehead atoms. The molecule has 1 N–H and O–H groups in total. The normalized spacial score (nSPS) is 23.5. The first-order valence-electron chi connectivity index (χ1n) is 9.32. The van der Waals surface area contributed by atoms with E-state index >= 15 is 0 Å². The summed E-state index contributed by atoms with van der Waals surface area (Å²) in [5.41, 5.74) is 0. The molecule has 1 aliphatic heterocycles. The Kier molecular flexibility index (Phi) is 7.49. The number of hydrogen-bond acceptors (Lipinski definition) is 2. The van der Waals surface area contributed by atoms with Crippen molar-refractivity contribution in [3.8, 4) is 0 Å². The van der Waals surface area contributed by atoms with Crippen LogP contribution in [0.25, 0.3) is 0 Å². The van der Waals surface area contributed by atoms with Gasteiger partial charge >= 0.3 is 0 Å². The number of nitrogens with zero attached hydrogens (tertiary/aromatic N) is 1. The van der Waals surface area contributed by atoms with Gasteiger partial charge < -0.3 is 10.2 Å². The largest absolute Gasteiger partial charge is 0.343 e. The van der Waals surface area contributed by atoms with Gasteiger partial charge in [-0.2, -0.15) is 0 Å². The molecule has 1 saturated heterocycles. The van der Waals surface area contributed by atoms with Crippen molar-refractivity contribution in [3.05, 3.63) is 0 Å². The highest BCUT2D eigenvalue weighted by Gasteiger charge is 2.26. The minimum absolute atomic E-state index is 0. The lowest BCUT2D eigenvalue weighted by Crippen LogP contribution is -2.45. The highest BCUT2D eigenvalue weighted by molar-refractivity contribution is 5.85. The molecular weight excluding hydrogens is 296 g/mol. The molecule has 1 heterocycles. The van der Waals surface area contributed by atoms with Crippen molar-refractivity contribution in [2.24, 2.45) is 11.8 Å². The number of hydrogen-bond donors (Lipinski definition) is 1. The lowest BCUT2D eigenvalue weighted by Gasteiger charge is -2.32. The molecule has 3 rings (SSSR count). The summed E-state index contributed by atoms with van der Waals surface area (Å²) in [6.07, 6.45) is 14.0. The summed E-state index contributed by atoms with van der Waals surface area (Å²) >= 11 is 0. The maximum absolute atomic E-state index is 12.3. The molecule has 0 spiro atoms. The van der Waals surface area contributed by atoms with E-state index in [2.05, 4.69) is 10.2 Å². The smallest absolute Gasteiger partial charge is 0.222 e. The molecule has 0 aromatic heterocycles. The number of nitrogens with one attached hydrogen (secondary N) is 1. The number of likely N-dealkylation sites (tertiary alicyclic amines) is 1. The highest BCUT2D eigenvalue weighted by Crippen LogP contribution is 2.29. The summed E-state index contributed by atoms with van der Waals surface area (Å²) < 4.78 is 0. The van der Waals surface area contributed by atoms with Gasteiger partial charge in [0, 0.05) is 25.6 Å². The zero-order valence-corrected chi connectivity index (χ0v) is 14.7. The van der Waals surface area contributed by atoms with Crippen LogP contribution < -0.4 is 5.32 Å². The highest BCUT2D eigenvalue weighted by atomic mass is 35.5. The molecule has 0 aromatic carbocycles. The summed E-state index contributed by atoms with van der Waals surface area (Å²) in [6.45, 7) is 3.16. The lowest BCUT2D eigenvalue weighted by molar-refractivity contribution is -0.132. The maximum atomic E-state index is 12.3. The van der Waals surface area contributed by atoms with Crippen LogP contribution in [-0.4, -0.2) is 36.5 Å². The summed E-state index contributed by atoms with van der Waals surface area (Å²) in [5, 5.41) is 3.69. The van der Waals surface area contributed by atoms with Crippen molar-refractivity contribution in [1.29, 1.82) is 0 Å². The van der Waals surface area contributed by atoms with Crippen LogP contribution in [0, 0.1) is 11.8 Å². The second-order valence-electron chi connectivity index (χ2n) is 7.55. The SMILES string of the molecule is Cl.O=C(CCCC1CCCC1)N1CCC(NCC2CC2)CC1. The van der Waals surface area contributed by atoms with Crippen LogP contribution in [0.2, 0.25) is 0 Å².